The maximum absolute atomic E-state index is 15.4. The Bertz CT molecular complexity index is 3680. The molecule has 4 aliphatic rings. The van der Waals surface area contributed by atoms with Crippen molar-refractivity contribution in [1.82, 2.24) is 26.6 Å². The summed E-state index contributed by atoms with van der Waals surface area (Å²) in [7, 11) is 0. The van der Waals surface area contributed by atoms with Gasteiger partial charge in [-0.1, -0.05) is 68.4 Å². The van der Waals surface area contributed by atoms with E-state index < -0.39 is 209 Å². The molecular formula is C70H87F2N7O21. The molecule has 100 heavy (non-hydrogen) atoms. The van der Waals surface area contributed by atoms with E-state index in [-0.39, 0.29) is 66.5 Å². The molecular weight excluding hydrogens is 1310 g/mol. The van der Waals surface area contributed by atoms with Gasteiger partial charge in [-0.15, -0.1) is 0 Å². The molecule has 3 fully saturated rings. The number of halogens is 2. The van der Waals surface area contributed by atoms with Crippen LogP contribution in [0.2, 0.25) is 0 Å². The summed E-state index contributed by atoms with van der Waals surface area (Å²) >= 11 is 0. The van der Waals surface area contributed by atoms with Crippen molar-refractivity contribution in [3.8, 4) is 0 Å². The van der Waals surface area contributed by atoms with Crippen LogP contribution in [0, 0.1) is 28.4 Å². The number of ether oxygens (including phenoxy) is 6. The lowest BCUT2D eigenvalue weighted by atomic mass is 9.44. The van der Waals surface area contributed by atoms with Gasteiger partial charge in [0, 0.05) is 50.6 Å². The third-order valence-corrected chi connectivity index (χ3v) is 18.7. The fraction of sp³-hybridized carbons (Fsp3) is 0.514. The average molecular weight is 1400 g/mol. The van der Waals surface area contributed by atoms with Crippen LogP contribution in [0.3, 0.4) is 0 Å². The van der Waals surface area contributed by atoms with Crippen molar-refractivity contribution < 1.29 is 110 Å². The first-order valence-electron chi connectivity index (χ1n) is 32.6. The SMILES string of the molecule is CC(=O)O[C@@]12CO[C@@H]1C[C@H](O)[C@@]1(C)C(=O)[C@H](O)C3=C(C)[C@@H](OC(=O)[C@H](OC(=O)CCC(=O)NCCCCC(NC(=O)CC[C@H](NC(=O)C(C)NC(=O)/C=C/c4ccc(F)c(F)c4)C(N)=O)C(N)=O)[C@@H](NC(=O)OC(C)(C)C)c4ccccc4)C[C@@](O)([C@@H](OC(=O)c4ccccc4)[C@H]21)C3(C)C. The molecule has 28 nitrogen and oxygen atoms in total. The number of primary amides is 2. The Morgan fingerprint density at radius 1 is 0.790 bits per heavy atom. The summed E-state index contributed by atoms with van der Waals surface area (Å²) in [6, 6.07) is 12.8. The summed E-state index contributed by atoms with van der Waals surface area (Å²) in [5, 5.41) is 50.9. The molecule has 3 aliphatic carbocycles. The second kappa shape index (κ2) is 32.2. The minimum atomic E-state index is -2.54. The van der Waals surface area contributed by atoms with E-state index in [0.29, 0.717) is 0 Å². The van der Waals surface area contributed by atoms with Crippen LogP contribution in [0.5, 0.6) is 0 Å². The van der Waals surface area contributed by atoms with Crippen molar-refractivity contribution in [1.29, 1.82) is 0 Å². The number of amides is 7. The van der Waals surface area contributed by atoms with E-state index in [9.17, 15) is 72.0 Å². The van der Waals surface area contributed by atoms with Gasteiger partial charge in [0.15, 0.2) is 23.0 Å². The maximum Gasteiger partial charge on any atom is 0.408 e. The molecule has 1 heterocycles. The van der Waals surface area contributed by atoms with E-state index >= 15 is 9.59 Å². The number of fused-ring (bicyclic) bond motifs is 5. The number of carbonyl (C=O) groups excluding carboxylic acids is 12. The molecule has 2 saturated carbocycles. The fourth-order valence-corrected chi connectivity index (χ4v) is 13.4. The molecule has 1 aliphatic heterocycles. The van der Waals surface area contributed by atoms with Gasteiger partial charge < -0.3 is 81.8 Å². The van der Waals surface area contributed by atoms with Crippen LogP contribution in [-0.4, -0.2) is 171 Å². The topological polar surface area (TPSA) is 433 Å². The molecule has 0 aromatic heterocycles. The Hall–Kier alpha value is -9.52. The van der Waals surface area contributed by atoms with E-state index in [1.165, 1.54) is 71.0 Å². The predicted molar refractivity (Wildman–Crippen MR) is 348 cm³/mol. The number of nitrogens with two attached hydrogens (primary N) is 2. The van der Waals surface area contributed by atoms with Gasteiger partial charge in [0.2, 0.25) is 41.5 Å². The number of ketones is 1. The highest BCUT2D eigenvalue weighted by molar-refractivity contribution is 5.97. The lowest BCUT2D eigenvalue weighted by molar-refractivity contribution is -0.346. The number of carbonyl (C=O) groups is 12. The molecule has 1 saturated heterocycles. The average Bonchev–Trinajstić information content (AvgIpc) is 0.670. The first-order valence-corrected chi connectivity index (χ1v) is 32.6. The molecule has 7 rings (SSSR count). The van der Waals surface area contributed by atoms with Crippen molar-refractivity contribution in [3.63, 3.8) is 0 Å². The zero-order chi connectivity index (χ0) is 74.0. The first kappa shape index (κ1) is 77.8. The third kappa shape index (κ3) is 17.9. The van der Waals surface area contributed by atoms with Crippen LogP contribution in [0.15, 0.2) is 96.1 Å². The smallest absolute Gasteiger partial charge is 0.408 e. The van der Waals surface area contributed by atoms with Crippen LogP contribution in [0.4, 0.5) is 13.6 Å². The molecule has 2 bridgehead atoms. The molecule has 0 spiro atoms. The molecule has 542 valence electrons. The van der Waals surface area contributed by atoms with E-state index in [2.05, 4.69) is 26.6 Å². The number of benzene rings is 3. The van der Waals surface area contributed by atoms with Gasteiger partial charge in [0.25, 0.3) is 0 Å². The van der Waals surface area contributed by atoms with Gasteiger partial charge in [-0.2, -0.15) is 0 Å². The Balaban J connectivity index is 1.04. The lowest BCUT2D eigenvalue weighted by Gasteiger charge is -2.67. The maximum atomic E-state index is 15.4. The van der Waals surface area contributed by atoms with Crippen LogP contribution in [0.25, 0.3) is 6.08 Å². The van der Waals surface area contributed by atoms with Crippen LogP contribution < -0.4 is 38.1 Å². The van der Waals surface area contributed by atoms with Gasteiger partial charge in [0.1, 0.15) is 59.8 Å². The van der Waals surface area contributed by atoms with Crippen molar-refractivity contribution in [3.05, 3.63) is 124 Å². The monoisotopic (exact) mass is 1400 g/mol. The summed E-state index contributed by atoms with van der Waals surface area (Å²) in [5.41, 5.74) is 1.73. The number of Topliss-reactive ketones (excluding diaryl/α,β-unsaturated/α-hetero) is 1. The molecule has 3 aromatic carbocycles. The highest BCUT2D eigenvalue weighted by Crippen LogP contribution is 2.64. The normalized spacial score (nSPS) is 25.1. The summed E-state index contributed by atoms with van der Waals surface area (Å²) in [4.78, 5) is 162. The minimum absolute atomic E-state index is 0.00845. The van der Waals surface area contributed by atoms with Crippen molar-refractivity contribution >= 4 is 77.3 Å². The lowest BCUT2D eigenvalue weighted by Crippen LogP contribution is -2.81. The molecule has 14 atom stereocenters. The number of nitrogens with one attached hydrogen (secondary N) is 5. The van der Waals surface area contributed by atoms with Gasteiger partial charge in [-0.25, -0.2) is 23.2 Å². The standard InChI is InChI=1S/C70H87F2N7O21/c1-36-46(34-70(94)59(98-63(91)41-20-14-11-15-21-41)57-68(9,58(87)55(86)53(36)67(70,7)8)47(81)33-48-69(57,35-95-48)99-38(3)80)96-64(92)56(54(40-18-12-10-13-19-40)79-65(93)100-66(4,5)6)97-52(85)30-29-49(82)75-31-17-16-22-44(60(73)88)77-51(84)28-26-45(61(74)89)78-62(90)37(2)76-50(83)27-24-39-23-25-42(71)43(72)32-39/h10-15,18-21,23-25,27,32,37,44-48,54-57,59,81,86,94H,16-17,22,26,28-31,33-35H2,1-9H3,(H2,73,88)(H2,74,89)(H,75,82)(H,76,83)(H,77,84)(H,78,90)(H,79,93)/b27-24+/t37?,44?,45-,46-,47-,48+,54-,55+,56+,57-,59-,68+,69-,70+/m0/s1. The number of unbranched alkanes of at least 4 members (excludes halogenated alkanes) is 1. The zero-order valence-electron chi connectivity index (χ0n) is 56.9. The van der Waals surface area contributed by atoms with E-state index in [4.69, 9.17) is 39.9 Å². The van der Waals surface area contributed by atoms with Gasteiger partial charge in [-0.3, -0.25) is 43.2 Å². The second-order valence-corrected chi connectivity index (χ2v) is 27.1. The van der Waals surface area contributed by atoms with E-state index in [1.54, 1.807) is 57.2 Å². The minimum Gasteiger partial charge on any atom is -0.455 e. The fourth-order valence-electron chi connectivity index (χ4n) is 13.4. The number of esters is 4. The number of aliphatic hydroxyl groups is 3. The molecule has 12 N–H and O–H groups in total. The van der Waals surface area contributed by atoms with Crippen LogP contribution in [0.1, 0.15) is 148 Å². The van der Waals surface area contributed by atoms with Crippen molar-refractivity contribution in [2.24, 2.45) is 28.2 Å². The molecule has 30 heteroatoms. The zero-order valence-corrected chi connectivity index (χ0v) is 56.9. The summed E-state index contributed by atoms with van der Waals surface area (Å²) in [5.74, 6) is -14.3. The third-order valence-electron chi connectivity index (χ3n) is 18.7. The van der Waals surface area contributed by atoms with Gasteiger partial charge in [-0.05, 0) is 120 Å². The molecule has 0 radical (unpaired) electrons. The number of hydrogen-bond donors (Lipinski definition) is 10. The highest BCUT2D eigenvalue weighted by atomic mass is 19.2. The predicted octanol–water partition coefficient (Wildman–Crippen LogP) is 3.09. The summed E-state index contributed by atoms with van der Waals surface area (Å²) in [6.45, 7) is 12.4. The molecule has 2 unspecified atom stereocenters. The summed E-state index contributed by atoms with van der Waals surface area (Å²) < 4.78 is 63.0. The Labute approximate surface area is 575 Å². The largest absolute Gasteiger partial charge is 0.455 e. The second-order valence-electron chi connectivity index (χ2n) is 27.1. The van der Waals surface area contributed by atoms with Crippen molar-refractivity contribution in [2.75, 3.05) is 13.2 Å². The van der Waals surface area contributed by atoms with Crippen LogP contribution in [-0.2, 0) is 76.4 Å². The summed E-state index contributed by atoms with van der Waals surface area (Å²) in [6.07, 6.45) is -12.2. The Morgan fingerprint density at radius 2 is 1.43 bits per heavy atom. The Kier molecular flexibility index (Phi) is 25.1. The van der Waals surface area contributed by atoms with Gasteiger partial charge >= 0.3 is 30.0 Å². The quantitative estimate of drug-likeness (QED) is 0.0164. The van der Waals surface area contributed by atoms with E-state index in [0.717, 1.165) is 25.1 Å². The number of rotatable bonds is 28. The van der Waals surface area contributed by atoms with Crippen LogP contribution >= 0.6 is 0 Å². The molecule has 3 aromatic rings. The number of aliphatic hydroxyl groups excluding tert-OH is 2. The van der Waals surface area contributed by atoms with Gasteiger partial charge in [0.05, 0.1) is 36.0 Å². The van der Waals surface area contributed by atoms with E-state index in [1.807, 2.05) is 0 Å². The van der Waals surface area contributed by atoms with Crippen molar-refractivity contribution in [2.45, 2.75) is 198 Å². The Morgan fingerprint density at radius 3 is 2.03 bits per heavy atom. The highest BCUT2D eigenvalue weighted by Gasteiger charge is 2.78. The first-order chi connectivity index (χ1) is 46.8. The molecule has 7 amide bonds. The number of hydrogen-bond acceptors (Lipinski definition) is 21. The number of alkyl carbamates (subject to hydrolysis) is 1.